The highest BCUT2D eigenvalue weighted by Gasteiger charge is 2.22. The molecule has 2 heterocycles. The maximum Gasteiger partial charge on any atom is 0.326 e. The number of nitrogens with one attached hydrogen (secondary N) is 1. The fourth-order valence-corrected chi connectivity index (χ4v) is 1.93. The normalized spacial score (nSPS) is 12.1. The number of amides is 1. The Bertz CT molecular complexity index is 652. The topological polar surface area (TPSA) is 97.1 Å². The Hall–Kier alpha value is -2.70. The molecule has 0 fully saturated rings. The molecule has 22 heavy (non-hydrogen) atoms. The minimum Gasteiger partial charge on any atom is -0.480 e. The molecule has 2 aromatic heterocycles. The van der Waals surface area contributed by atoms with Crippen LogP contribution in [-0.4, -0.2) is 37.8 Å². The third-order valence-electron chi connectivity index (χ3n) is 3.16. The number of hydrogen-bond donors (Lipinski definition) is 2. The Morgan fingerprint density at radius 2 is 1.95 bits per heavy atom. The Balaban J connectivity index is 2.07. The van der Waals surface area contributed by atoms with E-state index in [4.69, 9.17) is 0 Å². The zero-order chi connectivity index (χ0) is 16.1. The first-order valence-corrected chi connectivity index (χ1v) is 6.95. The Morgan fingerprint density at radius 3 is 2.50 bits per heavy atom. The molecule has 0 aliphatic heterocycles. The molecular weight excluding hydrogens is 284 g/mol. The maximum absolute atomic E-state index is 12.1. The lowest BCUT2D eigenvalue weighted by Gasteiger charge is -2.13. The van der Waals surface area contributed by atoms with Crippen molar-refractivity contribution in [1.29, 1.82) is 0 Å². The van der Waals surface area contributed by atoms with E-state index >= 15 is 0 Å². The first-order valence-electron chi connectivity index (χ1n) is 6.95. The highest BCUT2D eigenvalue weighted by molar-refractivity contribution is 5.94. The zero-order valence-corrected chi connectivity index (χ0v) is 12.4. The average molecular weight is 302 g/mol. The van der Waals surface area contributed by atoms with Gasteiger partial charge in [0.1, 0.15) is 11.7 Å². The molecule has 0 saturated carbocycles. The SMILES string of the molecule is CC(C)n1ccc(C(=O)NC(Cc2ccncc2)C(=O)O)n1. The van der Waals surface area contributed by atoms with Crippen LogP contribution in [0.15, 0.2) is 36.8 Å². The van der Waals surface area contributed by atoms with Gasteiger partial charge in [-0.15, -0.1) is 0 Å². The van der Waals surface area contributed by atoms with Crippen molar-refractivity contribution >= 4 is 11.9 Å². The van der Waals surface area contributed by atoms with E-state index in [0.29, 0.717) is 0 Å². The van der Waals surface area contributed by atoms with Crippen LogP contribution < -0.4 is 5.32 Å². The molecule has 0 aliphatic carbocycles. The van der Waals surface area contributed by atoms with Crippen molar-refractivity contribution in [2.24, 2.45) is 0 Å². The lowest BCUT2D eigenvalue weighted by atomic mass is 10.1. The first-order chi connectivity index (χ1) is 10.5. The molecule has 1 amide bonds. The van der Waals surface area contributed by atoms with E-state index in [0.717, 1.165) is 5.56 Å². The van der Waals surface area contributed by atoms with Crippen molar-refractivity contribution in [1.82, 2.24) is 20.1 Å². The monoisotopic (exact) mass is 302 g/mol. The second-order valence-electron chi connectivity index (χ2n) is 5.20. The average Bonchev–Trinajstić information content (AvgIpc) is 2.97. The number of carboxylic acid groups (broad SMARTS) is 1. The molecule has 0 bridgehead atoms. The van der Waals surface area contributed by atoms with Gasteiger partial charge in [-0.2, -0.15) is 5.10 Å². The highest BCUT2D eigenvalue weighted by atomic mass is 16.4. The van der Waals surface area contributed by atoms with Gasteiger partial charge < -0.3 is 10.4 Å². The van der Waals surface area contributed by atoms with Crippen LogP contribution in [0, 0.1) is 0 Å². The molecule has 2 N–H and O–H groups in total. The zero-order valence-electron chi connectivity index (χ0n) is 12.4. The van der Waals surface area contributed by atoms with Crippen LogP contribution in [0.5, 0.6) is 0 Å². The van der Waals surface area contributed by atoms with Gasteiger partial charge in [0.05, 0.1) is 0 Å². The fraction of sp³-hybridized carbons (Fsp3) is 0.333. The van der Waals surface area contributed by atoms with Crippen LogP contribution in [0.2, 0.25) is 0 Å². The van der Waals surface area contributed by atoms with Gasteiger partial charge in [-0.3, -0.25) is 14.5 Å². The summed E-state index contributed by atoms with van der Waals surface area (Å²) >= 11 is 0. The van der Waals surface area contributed by atoms with Crippen LogP contribution in [0.25, 0.3) is 0 Å². The van der Waals surface area contributed by atoms with Crippen molar-refractivity contribution in [2.45, 2.75) is 32.4 Å². The number of aromatic nitrogens is 3. The van der Waals surface area contributed by atoms with E-state index in [1.807, 2.05) is 13.8 Å². The molecule has 0 radical (unpaired) electrons. The highest BCUT2D eigenvalue weighted by Crippen LogP contribution is 2.06. The molecule has 1 atom stereocenters. The number of hydrogen-bond acceptors (Lipinski definition) is 4. The molecule has 0 spiro atoms. The predicted molar refractivity (Wildman–Crippen MR) is 79.4 cm³/mol. The quantitative estimate of drug-likeness (QED) is 0.838. The summed E-state index contributed by atoms with van der Waals surface area (Å²) in [5.74, 6) is -1.59. The maximum atomic E-state index is 12.1. The van der Waals surface area contributed by atoms with Gasteiger partial charge in [-0.25, -0.2) is 4.79 Å². The number of carbonyl (C=O) groups is 2. The molecule has 2 rings (SSSR count). The summed E-state index contributed by atoms with van der Waals surface area (Å²) in [4.78, 5) is 27.3. The van der Waals surface area contributed by atoms with Gasteiger partial charge in [-0.1, -0.05) is 0 Å². The molecule has 7 heteroatoms. The summed E-state index contributed by atoms with van der Waals surface area (Å²) in [6.07, 6.45) is 5.05. The van der Waals surface area contributed by atoms with E-state index in [1.165, 1.54) is 0 Å². The van der Waals surface area contributed by atoms with Crippen molar-refractivity contribution in [3.8, 4) is 0 Å². The van der Waals surface area contributed by atoms with Gasteiger partial charge in [0, 0.05) is 31.1 Å². The third-order valence-corrected chi connectivity index (χ3v) is 3.16. The number of pyridine rings is 1. The summed E-state index contributed by atoms with van der Waals surface area (Å²) in [7, 11) is 0. The van der Waals surface area contributed by atoms with Crippen LogP contribution >= 0.6 is 0 Å². The number of nitrogens with zero attached hydrogens (tertiary/aromatic N) is 3. The summed E-state index contributed by atoms with van der Waals surface area (Å²) in [6, 6.07) is 4.12. The second-order valence-corrected chi connectivity index (χ2v) is 5.20. The molecular formula is C15H18N4O3. The molecule has 1 unspecified atom stereocenters. The van der Waals surface area contributed by atoms with E-state index in [1.54, 1.807) is 41.5 Å². The molecule has 0 saturated heterocycles. The van der Waals surface area contributed by atoms with Crippen molar-refractivity contribution < 1.29 is 14.7 Å². The predicted octanol–water partition coefficient (Wildman–Crippen LogP) is 1.28. The van der Waals surface area contributed by atoms with Gasteiger partial charge in [0.25, 0.3) is 5.91 Å². The number of aliphatic carboxylic acids is 1. The summed E-state index contributed by atoms with van der Waals surface area (Å²) in [6.45, 7) is 3.89. The molecule has 0 aliphatic rings. The van der Waals surface area contributed by atoms with Crippen LogP contribution in [-0.2, 0) is 11.2 Å². The van der Waals surface area contributed by atoms with Gasteiger partial charge in [0.2, 0.25) is 0 Å². The Morgan fingerprint density at radius 1 is 1.27 bits per heavy atom. The van der Waals surface area contributed by atoms with E-state index in [2.05, 4.69) is 15.4 Å². The lowest BCUT2D eigenvalue weighted by molar-refractivity contribution is -0.139. The lowest BCUT2D eigenvalue weighted by Crippen LogP contribution is -2.42. The van der Waals surface area contributed by atoms with Crippen molar-refractivity contribution in [3.63, 3.8) is 0 Å². The van der Waals surface area contributed by atoms with Crippen LogP contribution in [0.3, 0.4) is 0 Å². The number of carboxylic acids is 1. The van der Waals surface area contributed by atoms with Crippen LogP contribution in [0.1, 0.15) is 35.9 Å². The standard InChI is InChI=1S/C15H18N4O3/c1-10(2)19-8-5-12(18-19)14(20)17-13(15(21)22)9-11-3-6-16-7-4-11/h3-8,10,13H,9H2,1-2H3,(H,17,20)(H,21,22). The van der Waals surface area contributed by atoms with Crippen LogP contribution in [0.4, 0.5) is 0 Å². The van der Waals surface area contributed by atoms with Crippen molar-refractivity contribution in [2.75, 3.05) is 0 Å². The minimum atomic E-state index is -1.09. The molecule has 2 aromatic rings. The Kier molecular flexibility index (Phi) is 4.88. The van der Waals surface area contributed by atoms with Crippen molar-refractivity contribution in [3.05, 3.63) is 48.0 Å². The first kappa shape index (κ1) is 15.7. The third kappa shape index (κ3) is 3.91. The van der Waals surface area contributed by atoms with E-state index in [-0.39, 0.29) is 18.2 Å². The van der Waals surface area contributed by atoms with Gasteiger partial charge >= 0.3 is 5.97 Å². The Labute approximate surface area is 128 Å². The summed E-state index contributed by atoms with van der Waals surface area (Å²) < 4.78 is 1.65. The summed E-state index contributed by atoms with van der Waals surface area (Å²) in [5.41, 5.74) is 0.991. The molecule has 7 nitrogen and oxygen atoms in total. The largest absolute Gasteiger partial charge is 0.480 e. The number of carbonyl (C=O) groups excluding carboxylic acids is 1. The fourth-order valence-electron chi connectivity index (χ4n) is 1.93. The molecule has 0 aromatic carbocycles. The minimum absolute atomic E-state index is 0.133. The number of rotatable bonds is 6. The smallest absolute Gasteiger partial charge is 0.326 e. The van der Waals surface area contributed by atoms with Gasteiger partial charge in [0.15, 0.2) is 0 Å². The van der Waals surface area contributed by atoms with E-state index < -0.39 is 17.9 Å². The summed E-state index contributed by atoms with van der Waals surface area (Å²) in [5, 5.41) is 15.9. The van der Waals surface area contributed by atoms with Gasteiger partial charge in [-0.05, 0) is 37.6 Å². The molecule has 116 valence electrons. The van der Waals surface area contributed by atoms with E-state index in [9.17, 15) is 14.7 Å². The second kappa shape index (κ2) is 6.84.